The number of aliphatic hydroxyl groups is 1. The summed E-state index contributed by atoms with van der Waals surface area (Å²) in [6.07, 6.45) is 5.44. The van der Waals surface area contributed by atoms with Crippen molar-refractivity contribution < 1.29 is 29.3 Å². The number of nitrogens with one attached hydrogen (secondary N) is 2. The van der Waals surface area contributed by atoms with Crippen LogP contribution >= 0.6 is 0 Å². The molecule has 0 aliphatic carbocycles. The lowest BCUT2D eigenvalue weighted by atomic mass is 10.1. The maximum absolute atomic E-state index is 12.3. The van der Waals surface area contributed by atoms with Gasteiger partial charge in [0.15, 0.2) is 0 Å². The number of rotatable bonds is 14. The predicted molar refractivity (Wildman–Crippen MR) is 108 cm³/mol. The number of carboxylic acid groups (broad SMARTS) is 1. The van der Waals surface area contributed by atoms with E-state index in [0.717, 1.165) is 37.7 Å². The summed E-state index contributed by atoms with van der Waals surface area (Å²) in [4.78, 5) is 35.5. The Kier molecular flexibility index (Phi) is 12.1. The van der Waals surface area contributed by atoms with Gasteiger partial charge in [-0.05, 0) is 12.0 Å². The Labute approximate surface area is 171 Å². The minimum absolute atomic E-state index is 0.0161. The van der Waals surface area contributed by atoms with Gasteiger partial charge in [-0.2, -0.15) is 0 Å². The van der Waals surface area contributed by atoms with Gasteiger partial charge in [0.05, 0.1) is 6.61 Å². The van der Waals surface area contributed by atoms with Gasteiger partial charge in [0.1, 0.15) is 18.7 Å². The quantitative estimate of drug-likeness (QED) is 0.351. The van der Waals surface area contributed by atoms with Gasteiger partial charge in [-0.25, -0.2) is 9.59 Å². The van der Waals surface area contributed by atoms with Gasteiger partial charge in [0.2, 0.25) is 5.91 Å². The van der Waals surface area contributed by atoms with Crippen LogP contribution in [0.1, 0.15) is 57.4 Å². The number of unbranched alkanes of at least 4 members (excludes halogenated alkanes) is 5. The van der Waals surface area contributed by atoms with Gasteiger partial charge < -0.3 is 25.6 Å². The molecule has 0 spiro atoms. The number of ether oxygens (including phenoxy) is 1. The van der Waals surface area contributed by atoms with Crippen molar-refractivity contribution in [1.82, 2.24) is 10.6 Å². The summed E-state index contributed by atoms with van der Waals surface area (Å²) in [5.41, 5.74) is 0.775. The van der Waals surface area contributed by atoms with E-state index in [-0.39, 0.29) is 6.61 Å². The lowest BCUT2D eigenvalue weighted by Gasteiger charge is -2.20. The van der Waals surface area contributed by atoms with Gasteiger partial charge >= 0.3 is 12.1 Å². The molecule has 1 rings (SSSR count). The number of aliphatic hydroxyl groups excluding tert-OH is 1. The smallest absolute Gasteiger partial charge is 0.408 e. The number of benzene rings is 1. The topological polar surface area (TPSA) is 125 Å². The fourth-order valence-corrected chi connectivity index (χ4v) is 2.76. The first kappa shape index (κ1) is 24.4. The van der Waals surface area contributed by atoms with E-state index in [0.29, 0.717) is 12.8 Å². The normalized spacial score (nSPS) is 12.6. The zero-order valence-electron chi connectivity index (χ0n) is 16.9. The summed E-state index contributed by atoms with van der Waals surface area (Å²) in [6.45, 7) is 1.47. The molecule has 8 heteroatoms. The molecule has 0 unspecified atom stereocenters. The molecule has 0 aliphatic heterocycles. The first-order valence-corrected chi connectivity index (χ1v) is 10.1. The molecule has 1 aromatic carbocycles. The molecular formula is C21H32N2O6. The molecule has 0 aliphatic rings. The van der Waals surface area contributed by atoms with Crippen LogP contribution in [0.4, 0.5) is 4.79 Å². The minimum Gasteiger partial charge on any atom is -0.480 e. The summed E-state index contributed by atoms with van der Waals surface area (Å²) in [5.74, 6) is -1.90. The number of hydrogen-bond donors (Lipinski definition) is 4. The second-order valence-corrected chi connectivity index (χ2v) is 6.90. The van der Waals surface area contributed by atoms with Crippen LogP contribution in [0, 0.1) is 0 Å². The molecule has 162 valence electrons. The summed E-state index contributed by atoms with van der Waals surface area (Å²) in [5, 5.41) is 23.4. The molecule has 4 N–H and O–H groups in total. The number of amides is 2. The molecule has 2 atom stereocenters. The molecule has 1 aromatic rings. The second-order valence-electron chi connectivity index (χ2n) is 6.90. The molecule has 0 saturated heterocycles. The average Bonchev–Trinajstić information content (AvgIpc) is 2.72. The number of carboxylic acids is 1. The molecule has 0 saturated carbocycles. The highest BCUT2D eigenvalue weighted by molar-refractivity contribution is 5.89. The summed E-state index contributed by atoms with van der Waals surface area (Å²) >= 11 is 0. The van der Waals surface area contributed by atoms with Crippen LogP contribution in [0.25, 0.3) is 0 Å². The van der Waals surface area contributed by atoms with Crippen molar-refractivity contribution in [2.75, 3.05) is 6.61 Å². The van der Waals surface area contributed by atoms with Crippen molar-refractivity contribution in [3.8, 4) is 0 Å². The molecule has 0 bridgehead atoms. The Bertz CT molecular complexity index is 623. The Balaban J connectivity index is 2.43. The maximum Gasteiger partial charge on any atom is 0.408 e. The first-order valence-electron chi connectivity index (χ1n) is 10.1. The van der Waals surface area contributed by atoms with Crippen LogP contribution in [-0.4, -0.2) is 46.9 Å². The largest absolute Gasteiger partial charge is 0.480 e. The third kappa shape index (κ3) is 10.5. The van der Waals surface area contributed by atoms with Crippen LogP contribution < -0.4 is 10.6 Å². The van der Waals surface area contributed by atoms with Crippen molar-refractivity contribution in [1.29, 1.82) is 0 Å². The number of alkyl carbamates (subject to hydrolysis) is 1. The third-order valence-electron chi connectivity index (χ3n) is 4.46. The Morgan fingerprint density at radius 1 is 0.966 bits per heavy atom. The van der Waals surface area contributed by atoms with Crippen LogP contribution in [0.5, 0.6) is 0 Å². The fourth-order valence-electron chi connectivity index (χ4n) is 2.76. The van der Waals surface area contributed by atoms with Gasteiger partial charge in [-0.1, -0.05) is 75.8 Å². The molecule has 0 radical (unpaired) electrons. The number of aliphatic carboxylic acids is 1. The summed E-state index contributed by atoms with van der Waals surface area (Å²) in [6, 6.07) is 6.65. The number of carbonyl (C=O) groups excluding carboxylic acids is 2. The number of hydrogen-bond acceptors (Lipinski definition) is 5. The highest BCUT2D eigenvalue weighted by Gasteiger charge is 2.26. The van der Waals surface area contributed by atoms with Crippen molar-refractivity contribution in [3.05, 3.63) is 35.9 Å². The summed E-state index contributed by atoms with van der Waals surface area (Å²) < 4.78 is 5.02. The first-order chi connectivity index (χ1) is 14.0. The molecule has 0 heterocycles. The van der Waals surface area contributed by atoms with E-state index in [4.69, 9.17) is 4.74 Å². The molecule has 8 nitrogen and oxygen atoms in total. The molecular weight excluding hydrogens is 376 g/mol. The average molecular weight is 408 g/mol. The van der Waals surface area contributed by atoms with Gasteiger partial charge in [-0.15, -0.1) is 0 Å². The monoisotopic (exact) mass is 408 g/mol. The van der Waals surface area contributed by atoms with E-state index in [2.05, 4.69) is 17.6 Å². The van der Waals surface area contributed by atoms with E-state index in [1.54, 1.807) is 24.3 Å². The van der Waals surface area contributed by atoms with Crippen LogP contribution in [0.2, 0.25) is 0 Å². The summed E-state index contributed by atoms with van der Waals surface area (Å²) in [7, 11) is 0. The van der Waals surface area contributed by atoms with Gasteiger partial charge in [0.25, 0.3) is 0 Å². The van der Waals surface area contributed by atoms with Crippen LogP contribution in [0.3, 0.4) is 0 Å². The Hall–Kier alpha value is -2.61. The third-order valence-corrected chi connectivity index (χ3v) is 4.46. The highest BCUT2D eigenvalue weighted by atomic mass is 16.5. The molecule has 0 aromatic heterocycles. The lowest BCUT2D eigenvalue weighted by molar-refractivity contribution is -0.142. The standard InChI is InChI=1S/C21H32N2O6/c1-2-3-4-5-6-10-13-17(20(26)27)22-19(25)18(14-24)23-21(28)29-15-16-11-8-7-9-12-16/h7-9,11-12,17-18,24H,2-6,10,13-15H2,1H3,(H,22,25)(H,23,28)(H,26,27)/t17-,18+/m1/s1. The van der Waals surface area contributed by atoms with Crippen molar-refractivity contribution >= 4 is 18.0 Å². The van der Waals surface area contributed by atoms with E-state index >= 15 is 0 Å². The lowest BCUT2D eigenvalue weighted by Crippen LogP contribution is -2.53. The van der Waals surface area contributed by atoms with E-state index in [1.807, 2.05) is 6.07 Å². The highest BCUT2D eigenvalue weighted by Crippen LogP contribution is 2.09. The van der Waals surface area contributed by atoms with E-state index in [9.17, 15) is 24.6 Å². The molecule has 0 fully saturated rings. The Morgan fingerprint density at radius 2 is 1.62 bits per heavy atom. The van der Waals surface area contributed by atoms with Crippen molar-refractivity contribution in [3.63, 3.8) is 0 Å². The maximum atomic E-state index is 12.3. The van der Waals surface area contributed by atoms with Crippen LogP contribution in [0.15, 0.2) is 30.3 Å². The molecule has 2 amide bonds. The van der Waals surface area contributed by atoms with Crippen LogP contribution in [-0.2, 0) is 20.9 Å². The van der Waals surface area contributed by atoms with Gasteiger partial charge in [0, 0.05) is 0 Å². The predicted octanol–water partition coefficient (Wildman–Crippen LogP) is 2.59. The zero-order valence-corrected chi connectivity index (χ0v) is 16.9. The van der Waals surface area contributed by atoms with Crippen molar-refractivity contribution in [2.45, 2.75) is 70.6 Å². The van der Waals surface area contributed by atoms with E-state index < -0.39 is 36.7 Å². The fraction of sp³-hybridized carbons (Fsp3) is 0.571. The van der Waals surface area contributed by atoms with E-state index in [1.165, 1.54) is 0 Å². The zero-order chi connectivity index (χ0) is 21.5. The molecule has 29 heavy (non-hydrogen) atoms. The Morgan fingerprint density at radius 3 is 2.24 bits per heavy atom. The number of carbonyl (C=O) groups is 3. The second kappa shape index (κ2) is 14.4. The minimum atomic E-state index is -1.29. The van der Waals surface area contributed by atoms with Gasteiger partial charge in [-0.3, -0.25) is 4.79 Å². The SMILES string of the molecule is CCCCCCCC[C@@H](NC(=O)[C@H](CO)NC(=O)OCc1ccccc1)C(=O)O. The van der Waals surface area contributed by atoms with Crippen molar-refractivity contribution in [2.24, 2.45) is 0 Å².